The van der Waals surface area contributed by atoms with Crippen LogP contribution in [0.2, 0.25) is 0 Å². The molecule has 0 saturated carbocycles. The first-order valence-corrected chi connectivity index (χ1v) is 9.97. The van der Waals surface area contributed by atoms with Gasteiger partial charge in [0.1, 0.15) is 11.5 Å². The summed E-state index contributed by atoms with van der Waals surface area (Å²) in [5.41, 5.74) is 1.40. The summed E-state index contributed by atoms with van der Waals surface area (Å²) in [5, 5.41) is 6.87. The molecule has 0 aliphatic carbocycles. The molecule has 2 aromatic rings. The standard InChI is InChI=1S/C22H23FN4O3/c23-18-4-2-16(3-5-18)12-20(28)27-11-1-8-22(15-27)13-19(26-30-22)21(29)25-14-17-6-9-24-10-7-17/h2-7,9-10H,1,8,11-15H2,(H,25,29)/t22-/m1/s1. The van der Waals surface area contributed by atoms with Gasteiger partial charge in [0, 0.05) is 31.9 Å². The number of rotatable bonds is 5. The number of hydrogen-bond acceptors (Lipinski definition) is 5. The second kappa shape index (κ2) is 8.61. The normalized spacial score (nSPS) is 20.6. The molecule has 0 unspecified atom stereocenters. The highest BCUT2D eigenvalue weighted by atomic mass is 19.1. The third-order valence-corrected chi connectivity index (χ3v) is 5.46. The van der Waals surface area contributed by atoms with E-state index in [0.29, 0.717) is 31.8 Å². The average Bonchev–Trinajstić information content (AvgIpc) is 3.17. The fraction of sp³-hybridized carbons (Fsp3) is 0.364. The number of halogens is 1. The molecule has 30 heavy (non-hydrogen) atoms. The van der Waals surface area contributed by atoms with Gasteiger partial charge in [-0.25, -0.2) is 4.39 Å². The van der Waals surface area contributed by atoms with Crippen LogP contribution in [0.15, 0.2) is 53.9 Å². The minimum absolute atomic E-state index is 0.0418. The van der Waals surface area contributed by atoms with E-state index in [-0.39, 0.29) is 24.1 Å². The van der Waals surface area contributed by atoms with Crippen molar-refractivity contribution in [3.63, 3.8) is 0 Å². The Hall–Kier alpha value is -3.29. The summed E-state index contributed by atoms with van der Waals surface area (Å²) >= 11 is 0. The minimum atomic E-state index is -0.653. The van der Waals surface area contributed by atoms with Crippen molar-refractivity contribution in [2.45, 2.75) is 37.8 Å². The van der Waals surface area contributed by atoms with Gasteiger partial charge in [0.25, 0.3) is 5.91 Å². The molecule has 8 heteroatoms. The molecule has 0 bridgehead atoms. The van der Waals surface area contributed by atoms with Crippen LogP contribution in [0, 0.1) is 5.82 Å². The zero-order chi connectivity index (χ0) is 21.0. The van der Waals surface area contributed by atoms with Crippen LogP contribution in [0.1, 0.15) is 30.4 Å². The van der Waals surface area contributed by atoms with Crippen molar-refractivity contribution in [2.24, 2.45) is 5.16 Å². The van der Waals surface area contributed by atoms with Crippen LogP contribution in [0.3, 0.4) is 0 Å². The largest absolute Gasteiger partial charge is 0.386 e. The Balaban J connectivity index is 1.32. The molecule has 1 aromatic heterocycles. The molecule has 2 aliphatic heterocycles. The second-order valence-corrected chi connectivity index (χ2v) is 7.75. The van der Waals surface area contributed by atoms with E-state index in [1.54, 1.807) is 29.4 Å². The summed E-state index contributed by atoms with van der Waals surface area (Å²) in [4.78, 5) is 36.6. The molecule has 7 nitrogen and oxygen atoms in total. The van der Waals surface area contributed by atoms with Gasteiger partial charge < -0.3 is 15.1 Å². The molecular weight excluding hydrogens is 387 g/mol. The predicted molar refractivity (Wildman–Crippen MR) is 108 cm³/mol. The molecule has 156 valence electrons. The monoisotopic (exact) mass is 410 g/mol. The number of nitrogens with zero attached hydrogens (tertiary/aromatic N) is 3. The number of nitrogens with one attached hydrogen (secondary N) is 1. The summed E-state index contributed by atoms with van der Waals surface area (Å²) in [6.45, 7) is 1.40. The van der Waals surface area contributed by atoms with Gasteiger partial charge in [0.05, 0.1) is 13.0 Å². The van der Waals surface area contributed by atoms with E-state index in [9.17, 15) is 14.0 Å². The average molecular weight is 410 g/mol. The summed E-state index contributed by atoms with van der Waals surface area (Å²) in [7, 11) is 0. The minimum Gasteiger partial charge on any atom is -0.386 e. The molecule has 1 spiro atoms. The molecule has 0 radical (unpaired) electrons. The third kappa shape index (κ3) is 4.64. The van der Waals surface area contributed by atoms with E-state index in [4.69, 9.17) is 4.84 Å². The Morgan fingerprint density at radius 3 is 2.67 bits per heavy atom. The number of likely N-dealkylation sites (tertiary alicyclic amines) is 1. The van der Waals surface area contributed by atoms with E-state index < -0.39 is 5.60 Å². The van der Waals surface area contributed by atoms with Gasteiger partial charge in [-0.1, -0.05) is 17.3 Å². The molecule has 1 atom stereocenters. The first-order valence-electron chi connectivity index (χ1n) is 9.97. The van der Waals surface area contributed by atoms with Crippen molar-refractivity contribution in [2.75, 3.05) is 13.1 Å². The summed E-state index contributed by atoms with van der Waals surface area (Å²) in [6.07, 6.45) is 5.43. The van der Waals surface area contributed by atoms with Crippen molar-refractivity contribution in [3.8, 4) is 0 Å². The van der Waals surface area contributed by atoms with Gasteiger partial charge in [-0.3, -0.25) is 14.6 Å². The molecular formula is C22H23FN4O3. The number of amides is 2. The lowest BCUT2D eigenvalue weighted by Crippen LogP contribution is -2.51. The van der Waals surface area contributed by atoms with Gasteiger partial charge >= 0.3 is 0 Å². The van der Waals surface area contributed by atoms with E-state index in [0.717, 1.165) is 24.0 Å². The van der Waals surface area contributed by atoms with Crippen molar-refractivity contribution < 1.29 is 18.8 Å². The molecule has 2 aliphatic rings. The van der Waals surface area contributed by atoms with Crippen LogP contribution in [-0.4, -0.2) is 46.1 Å². The Labute approximate surface area is 173 Å². The Kier molecular flexibility index (Phi) is 5.74. The van der Waals surface area contributed by atoms with Crippen LogP contribution in [0.5, 0.6) is 0 Å². The topological polar surface area (TPSA) is 83.9 Å². The SMILES string of the molecule is O=C(NCc1ccncc1)C1=NO[C@]2(CCCN(C(=O)Cc3ccc(F)cc3)C2)C1. The molecule has 1 aromatic carbocycles. The zero-order valence-electron chi connectivity index (χ0n) is 16.5. The van der Waals surface area contributed by atoms with Crippen LogP contribution in [0.25, 0.3) is 0 Å². The van der Waals surface area contributed by atoms with Gasteiger partial charge in [0.2, 0.25) is 5.91 Å². The quantitative estimate of drug-likeness (QED) is 0.819. The molecule has 1 saturated heterocycles. The van der Waals surface area contributed by atoms with Crippen molar-refractivity contribution in [1.29, 1.82) is 0 Å². The number of aromatic nitrogens is 1. The third-order valence-electron chi connectivity index (χ3n) is 5.46. The van der Waals surface area contributed by atoms with Crippen LogP contribution < -0.4 is 5.32 Å². The van der Waals surface area contributed by atoms with Gasteiger partial charge in [-0.2, -0.15) is 0 Å². The molecule has 3 heterocycles. The number of carbonyl (C=O) groups is 2. The maximum absolute atomic E-state index is 13.1. The van der Waals surface area contributed by atoms with Gasteiger partial charge in [-0.15, -0.1) is 0 Å². The van der Waals surface area contributed by atoms with Crippen molar-refractivity contribution in [1.82, 2.24) is 15.2 Å². The smallest absolute Gasteiger partial charge is 0.269 e. The molecule has 1 N–H and O–H groups in total. The van der Waals surface area contributed by atoms with E-state index >= 15 is 0 Å². The van der Waals surface area contributed by atoms with E-state index in [2.05, 4.69) is 15.5 Å². The van der Waals surface area contributed by atoms with E-state index in [1.807, 2.05) is 12.1 Å². The fourth-order valence-electron chi connectivity index (χ4n) is 3.85. The highest BCUT2D eigenvalue weighted by molar-refractivity contribution is 6.39. The van der Waals surface area contributed by atoms with E-state index in [1.165, 1.54) is 12.1 Å². The van der Waals surface area contributed by atoms with Crippen LogP contribution in [0.4, 0.5) is 4.39 Å². The van der Waals surface area contributed by atoms with Crippen molar-refractivity contribution >= 4 is 17.5 Å². The lowest BCUT2D eigenvalue weighted by atomic mass is 9.87. The zero-order valence-corrected chi connectivity index (χ0v) is 16.5. The molecule has 1 fully saturated rings. The van der Waals surface area contributed by atoms with Gasteiger partial charge in [0.15, 0.2) is 5.60 Å². The number of carbonyl (C=O) groups excluding carboxylic acids is 2. The lowest BCUT2D eigenvalue weighted by molar-refractivity contribution is -0.139. The van der Waals surface area contributed by atoms with Crippen LogP contribution in [-0.2, 0) is 27.4 Å². The first-order chi connectivity index (χ1) is 14.5. The maximum atomic E-state index is 13.1. The number of pyridine rings is 1. The summed E-state index contributed by atoms with van der Waals surface area (Å²) in [6, 6.07) is 9.61. The highest BCUT2D eigenvalue weighted by Crippen LogP contribution is 2.33. The molecule has 4 rings (SSSR count). The number of hydrogen-bond donors (Lipinski definition) is 1. The predicted octanol–water partition coefficient (Wildman–Crippen LogP) is 2.22. The Morgan fingerprint density at radius 2 is 1.90 bits per heavy atom. The summed E-state index contributed by atoms with van der Waals surface area (Å²) < 4.78 is 13.1. The van der Waals surface area contributed by atoms with Gasteiger partial charge in [-0.05, 0) is 48.2 Å². The first kappa shape index (κ1) is 20.0. The maximum Gasteiger partial charge on any atom is 0.269 e. The lowest BCUT2D eigenvalue weighted by Gasteiger charge is -2.38. The summed E-state index contributed by atoms with van der Waals surface area (Å²) in [5.74, 6) is -0.632. The second-order valence-electron chi connectivity index (χ2n) is 7.75. The number of benzene rings is 1. The number of oxime groups is 1. The highest BCUT2D eigenvalue weighted by Gasteiger charge is 2.45. The van der Waals surface area contributed by atoms with Crippen molar-refractivity contribution in [3.05, 3.63) is 65.7 Å². The number of piperidine rings is 1. The molecule has 2 amide bonds. The van der Waals surface area contributed by atoms with Crippen LogP contribution >= 0.6 is 0 Å². The Morgan fingerprint density at radius 1 is 1.13 bits per heavy atom. The fourth-order valence-corrected chi connectivity index (χ4v) is 3.85. The Bertz CT molecular complexity index is 949.